The summed E-state index contributed by atoms with van der Waals surface area (Å²) >= 11 is 3.42. The van der Waals surface area contributed by atoms with E-state index in [2.05, 4.69) is 21.2 Å². The maximum Gasteiger partial charge on any atom is 0.125 e. The molecule has 0 saturated heterocycles. The summed E-state index contributed by atoms with van der Waals surface area (Å²) in [6.45, 7) is 6.50. The first-order valence-electron chi connectivity index (χ1n) is 5.63. The molecule has 3 nitrogen and oxygen atoms in total. The van der Waals surface area contributed by atoms with Gasteiger partial charge in [0, 0.05) is 22.1 Å². The number of benzene rings is 1. The number of halogens is 1. The normalized spacial score (nSPS) is 13.8. The molecule has 0 aromatic heterocycles. The molecule has 1 aromatic carbocycles. The number of aliphatic hydroxyl groups is 1. The molecular formula is C13H20BrNO2. The first kappa shape index (κ1) is 14.5. The van der Waals surface area contributed by atoms with E-state index in [1.165, 1.54) is 0 Å². The van der Waals surface area contributed by atoms with Gasteiger partial charge in [0.1, 0.15) is 5.75 Å². The van der Waals surface area contributed by atoms with Crippen LogP contribution in [0.15, 0.2) is 16.6 Å². The van der Waals surface area contributed by atoms with Gasteiger partial charge in [-0.2, -0.15) is 0 Å². The lowest BCUT2D eigenvalue weighted by Crippen LogP contribution is -2.18. The molecule has 1 aromatic rings. The van der Waals surface area contributed by atoms with Crippen LogP contribution in [0.5, 0.6) is 5.75 Å². The van der Waals surface area contributed by atoms with Gasteiger partial charge in [0.25, 0.3) is 0 Å². The number of nitrogens with one attached hydrogen (secondary N) is 1. The Kier molecular flexibility index (Phi) is 4.58. The van der Waals surface area contributed by atoms with E-state index in [4.69, 9.17) is 0 Å². The zero-order valence-corrected chi connectivity index (χ0v) is 12.3. The lowest BCUT2D eigenvalue weighted by Gasteiger charge is -2.24. The average Bonchev–Trinajstić information content (AvgIpc) is 2.19. The third-order valence-corrected chi connectivity index (χ3v) is 3.13. The maximum absolute atomic E-state index is 10.2. The molecule has 17 heavy (non-hydrogen) atoms. The van der Waals surface area contributed by atoms with Crippen LogP contribution < -0.4 is 5.32 Å². The topological polar surface area (TPSA) is 52.5 Å². The van der Waals surface area contributed by atoms with Crippen LogP contribution in [-0.4, -0.2) is 23.8 Å². The van der Waals surface area contributed by atoms with Gasteiger partial charge in [0.15, 0.2) is 0 Å². The quantitative estimate of drug-likeness (QED) is 0.804. The Labute approximate surface area is 111 Å². The molecule has 1 unspecified atom stereocenters. The highest BCUT2D eigenvalue weighted by molar-refractivity contribution is 9.10. The van der Waals surface area contributed by atoms with Gasteiger partial charge >= 0.3 is 0 Å². The number of aromatic hydroxyl groups is 1. The highest BCUT2D eigenvalue weighted by Crippen LogP contribution is 2.38. The van der Waals surface area contributed by atoms with E-state index in [1.807, 2.05) is 26.8 Å². The van der Waals surface area contributed by atoms with Crippen molar-refractivity contribution < 1.29 is 10.2 Å². The molecule has 0 aliphatic rings. The predicted octanol–water partition coefficient (Wildman–Crippen LogP) is 2.71. The van der Waals surface area contributed by atoms with E-state index in [-0.39, 0.29) is 11.2 Å². The lowest BCUT2D eigenvalue weighted by molar-refractivity contribution is 0.173. The molecule has 1 rings (SSSR count). The van der Waals surface area contributed by atoms with Gasteiger partial charge in [-0.15, -0.1) is 0 Å². The van der Waals surface area contributed by atoms with Gasteiger partial charge in [0.05, 0.1) is 6.10 Å². The molecule has 4 heteroatoms. The molecule has 0 aliphatic carbocycles. The van der Waals surface area contributed by atoms with Crippen molar-refractivity contribution >= 4 is 15.9 Å². The number of likely N-dealkylation sites (N-methyl/N-ethyl adjacent to an activating group) is 1. The minimum Gasteiger partial charge on any atom is -0.507 e. The number of phenols is 1. The summed E-state index contributed by atoms with van der Waals surface area (Å²) in [7, 11) is 1.77. The van der Waals surface area contributed by atoms with Crippen LogP contribution >= 0.6 is 15.9 Å². The number of rotatable bonds is 3. The van der Waals surface area contributed by atoms with Crippen molar-refractivity contribution in [2.45, 2.75) is 32.3 Å². The van der Waals surface area contributed by atoms with Gasteiger partial charge in [0.2, 0.25) is 0 Å². The predicted molar refractivity (Wildman–Crippen MR) is 73.4 cm³/mol. The Bertz CT molecular complexity index is 399. The Morgan fingerprint density at radius 2 is 1.94 bits per heavy atom. The number of aliphatic hydroxyl groups excluding tert-OH is 1. The molecule has 0 aliphatic heterocycles. The van der Waals surface area contributed by atoms with Crippen molar-refractivity contribution in [1.29, 1.82) is 0 Å². The van der Waals surface area contributed by atoms with Crippen LogP contribution in [0.1, 0.15) is 38.0 Å². The van der Waals surface area contributed by atoms with Crippen molar-refractivity contribution in [3.63, 3.8) is 0 Å². The summed E-state index contributed by atoms with van der Waals surface area (Å²) in [6, 6.07) is 3.65. The van der Waals surface area contributed by atoms with Gasteiger partial charge in [-0.3, -0.25) is 0 Å². The van der Waals surface area contributed by atoms with Gasteiger partial charge < -0.3 is 15.5 Å². The molecule has 0 bridgehead atoms. The maximum atomic E-state index is 10.2. The summed E-state index contributed by atoms with van der Waals surface area (Å²) in [6.07, 6.45) is -0.710. The van der Waals surface area contributed by atoms with E-state index < -0.39 is 6.10 Å². The van der Waals surface area contributed by atoms with Crippen LogP contribution in [0.4, 0.5) is 0 Å². The Balaban J connectivity index is 3.28. The average molecular weight is 302 g/mol. The molecule has 1 atom stereocenters. The van der Waals surface area contributed by atoms with E-state index in [0.29, 0.717) is 12.1 Å². The second-order valence-electron chi connectivity index (χ2n) is 5.21. The Morgan fingerprint density at radius 3 is 2.41 bits per heavy atom. The first-order valence-corrected chi connectivity index (χ1v) is 6.42. The molecular weight excluding hydrogens is 282 g/mol. The Hall–Kier alpha value is -0.580. The third kappa shape index (κ3) is 3.44. The summed E-state index contributed by atoms with van der Waals surface area (Å²) < 4.78 is 0.866. The highest BCUT2D eigenvalue weighted by atomic mass is 79.9. The fraction of sp³-hybridized carbons (Fsp3) is 0.538. The summed E-state index contributed by atoms with van der Waals surface area (Å²) in [5.74, 6) is 0.184. The second kappa shape index (κ2) is 5.38. The van der Waals surface area contributed by atoms with Crippen LogP contribution in [0, 0.1) is 0 Å². The smallest absolute Gasteiger partial charge is 0.125 e. The number of hydrogen-bond acceptors (Lipinski definition) is 3. The van der Waals surface area contributed by atoms with Crippen molar-refractivity contribution in [3.8, 4) is 5.75 Å². The third-order valence-electron chi connectivity index (χ3n) is 2.67. The molecule has 0 saturated carbocycles. The van der Waals surface area contributed by atoms with Crippen LogP contribution in [-0.2, 0) is 5.41 Å². The molecule has 0 spiro atoms. The zero-order chi connectivity index (χ0) is 13.2. The van der Waals surface area contributed by atoms with Crippen LogP contribution in [0.25, 0.3) is 0 Å². The fourth-order valence-electron chi connectivity index (χ4n) is 1.75. The molecule has 3 N–H and O–H groups in total. The fourth-order valence-corrected chi connectivity index (χ4v) is 2.22. The number of phenolic OH excluding ortho intramolecular Hbond substituents is 1. The van der Waals surface area contributed by atoms with Crippen molar-refractivity contribution in [1.82, 2.24) is 5.32 Å². The van der Waals surface area contributed by atoms with Crippen molar-refractivity contribution in [3.05, 3.63) is 27.7 Å². The summed E-state index contributed by atoms with van der Waals surface area (Å²) in [5, 5.41) is 23.1. The minimum atomic E-state index is -0.710. The molecule has 0 heterocycles. The molecule has 96 valence electrons. The van der Waals surface area contributed by atoms with E-state index >= 15 is 0 Å². The first-order chi connectivity index (χ1) is 7.77. The highest BCUT2D eigenvalue weighted by Gasteiger charge is 2.23. The van der Waals surface area contributed by atoms with Crippen LogP contribution in [0.3, 0.4) is 0 Å². The molecule has 0 amide bonds. The van der Waals surface area contributed by atoms with Crippen molar-refractivity contribution in [2.75, 3.05) is 13.6 Å². The standard InChI is InChI=1S/C13H20BrNO2/c1-13(2,3)10-6-8(14)5-9(12(10)17)11(16)7-15-4/h5-6,11,15-17H,7H2,1-4H3. The lowest BCUT2D eigenvalue weighted by atomic mass is 9.84. The zero-order valence-electron chi connectivity index (χ0n) is 10.7. The largest absolute Gasteiger partial charge is 0.507 e. The van der Waals surface area contributed by atoms with Crippen molar-refractivity contribution in [2.24, 2.45) is 0 Å². The van der Waals surface area contributed by atoms with E-state index in [1.54, 1.807) is 13.1 Å². The molecule has 0 radical (unpaired) electrons. The second-order valence-corrected chi connectivity index (χ2v) is 6.13. The summed E-state index contributed by atoms with van der Waals surface area (Å²) in [5.41, 5.74) is 1.22. The minimum absolute atomic E-state index is 0.165. The number of hydrogen-bond donors (Lipinski definition) is 3. The SMILES string of the molecule is CNCC(O)c1cc(Br)cc(C(C)(C)C)c1O. The van der Waals surface area contributed by atoms with Crippen LogP contribution in [0.2, 0.25) is 0 Å². The van der Waals surface area contributed by atoms with Gasteiger partial charge in [-0.05, 0) is 24.6 Å². The summed E-state index contributed by atoms with van der Waals surface area (Å²) in [4.78, 5) is 0. The van der Waals surface area contributed by atoms with E-state index in [9.17, 15) is 10.2 Å². The van der Waals surface area contributed by atoms with Gasteiger partial charge in [-0.1, -0.05) is 36.7 Å². The van der Waals surface area contributed by atoms with E-state index in [0.717, 1.165) is 10.0 Å². The van der Waals surface area contributed by atoms with Gasteiger partial charge in [-0.25, -0.2) is 0 Å². The Morgan fingerprint density at radius 1 is 1.35 bits per heavy atom. The monoisotopic (exact) mass is 301 g/mol. The molecule has 0 fully saturated rings.